The van der Waals surface area contributed by atoms with Gasteiger partial charge in [0.05, 0.1) is 19.4 Å². The van der Waals surface area contributed by atoms with Gasteiger partial charge in [0.2, 0.25) is 0 Å². The van der Waals surface area contributed by atoms with E-state index in [1.54, 1.807) is 7.11 Å². The third kappa shape index (κ3) is 4.77. The van der Waals surface area contributed by atoms with E-state index in [0.717, 1.165) is 30.4 Å². The van der Waals surface area contributed by atoms with Crippen LogP contribution in [0.25, 0.3) is 11.3 Å². The first-order valence-corrected chi connectivity index (χ1v) is 10.6. The highest BCUT2D eigenvalue weighted by molar-refractivity contribution is 5.88. The summed E-state index contributed by atoms with van der Waals surface area (Å²) in [5.41, 5.74) is 1.66. The zero-order chi connectivity index (χ0) is 22.8. The minimum absolute atomic E-state index is 0.0282. The summed E-state index contributed by atoms with van der Waals surface area (Å²) in [7, 11) is 1.57. The summed E-state index contributed by atoms with van der Waals surface area (Å²) < 4.78 is 13.4. The number of benzene rings is 1. The number of aliphatic hydroxyl groups is 1. The highest BCUT2D eigenvalue weighted by Crippen LogP contribution is 2.45. The Morgan fingerprint density at radius 2 is 1.90 bits per heavy atom. The Morgan fingerprint density at radius 3 is 2.52 bits per heavy atom. The molecule has 0 spiro atoms. The summed E-state index contributed by atoms with van der Waals surface area (Å²) >= 11 is 0. The van der Waals surface area contributed by atoms with E-state index < -0.39 is 11.4 Å². The SMILES string of the molecule is COc1cc2c(cc1OCCCCCO)CC(C(C)(C)C)n1cc(C(=O)O)c(=O)cc1-2. The van der Waals surface area contributed by atoms with E-state index in [4.69, 9.17) is 14.6 Å². The van der Waals surface area contributed by atoms with Gasteiger partial charge < -0.3 is 24.3 Å². The van der Waals surface area contributed by atoms with E-state index in [2.05, 4.69) is 20.8 Å². The Bertz CT molecular complexity index is 1020. The smallest absolute Gasteiger partial charge is 0.341 e. The third-order valence-corrected chi connectivity index (χ3v) is 5.78. The fourth-order valence-corrected chi connectivity index (χ4v) is 4.07. The highest BCUT2D eigenvalue weighted by Gasteiger charge is 2.34. The van der Waals surface area contributed by atoms with Crippen molar-refractivity contribution in [2.24, 2.45) is 5.41 Å². The molecule has 1 aromatic carbocycles. The van der Waals surface area contributed by atoms with E-state index in [0.29, 0.717) is 30.2 Å². The zero-order valence-electron chi connectivity index (χ0n) is 18.6. The number of carboxylic acid groups (broad SMARTS) is 1. The van der Waals surface area contributed by atoms with Crippen molar-refractivity contribution in [3.05, 3.63) is 45.7 Å². The van der Waals surface area contributed by atoms with Crippen LogP contribution >= 0.6 is 0 Å². The molecule has 2 aromatic rings. The molecule has 2 heterocycles. The van der Waals surface area contributed by atoms with Gasteiger partial charge in [-0.2, -0.15) is 0 Å². The van der Waals surface area contributed by atoms with Crippen molar-refractivity contribution in [3.63, 3.8) is 0 Å². The number of unbranched alkanes of at least 4 members (excludes halogenated alkanes) is 2. The average molecular weight is 430 g/mol. The predicted molar refractivity (Wildman–Crippen MR) is 118 cm³/mol. The second-order valence-electron chi connectivity index (χ2n) is 9.03. The molecule has 0 saturated heterocycles. The van der Waals surface area contributed by atoms with Crippen molar-refractivity contribution in [2.75, 3.05) is 20.3 Å². The summed E-state index contributed by atoms with van der Waals surface area (Å²) in [5.74, 6) is -0.00595. The monoisotopic (exact) mass is 429 g/mol. The number of carbonyl (C=O) groups is 1. The predicted octanol–water partition coefficient (Wildman–Crippen LogP) is 3.91. The third-order valence-electron chi connectivity index (χ3n) is 5.78. The zero-order valence-corrected chi connectivity index (χ0v) is 18.6. The molecular formula is C24H31NO6. The molecule has 7 heteroatoms. The van der Waals surface area contributed by atoms with Gasteiger partial charge in [0.15, 0.2) is 16.9 Å². The number of rotatable bonds is 8. The van der Waals surface area contributed by atoms with Crippen molar-refractivity contribution in [3.8, 4) is 22.8 Å². The standard InChI is InChI=1S/C24H31NO6/c1-24(2,3)22-11-15-10-21(31-9-7-5-6-8-26)20(30-4)12-16(15)18-13-19(27)17(23(28)29)14-25(18)22/h10,12-14,22,26H,5-9,11H2,1-4H3,(H,28,29). The molecule has 0 radical (unpaired) electrons. The Hall–Kier alpha value is -2.80. The molecule has 3 rings (SSSR count). The number of pyridine rings is 1. The van der Waals surface area contributed by atoms with Crippen LogP contribution in [0.5, 0.6) is 11.5 Å². The summed E-state index contributed by atoms with van der Waals surface area (Å²) in [4.78, 5) is 24.0. The molecule has 1 aromatic heterocycles. The van der Waals surface area contributed by atoms with Crippen LogP contribution in [0.3, 0.4) is 0 Å². The first-order chi connectivity index (χ1) is 14.7. The molecule has 1 atom stereocenters. The van der Waals surface area contributed by atoms with Gasteiger partial charge in [0, 0.05) is 30.5 Å². The van der Waals surface area contributed by atoms with E-state index in [1.165, 1.54) is 12.3 Å². The number of aromatic carboxylic acids is 1. The van der Waals surface area contributed by atoms with E-state index >= 15 is 0 Å². The van der Waals surface area contributed by atoms with Gasteiger partial charge in [-0.05, 0) is 48.8 Å². The number of aromatic nitrogens is 1. The number of fused-ring (bicyclic) bond motifs is 3. The molecular weight excluding hydrogens is 398 g/mol. The fraction of sp³-hybridized carbons (Fsp3) is 0.500. The molecule has 0 saturated carbocycles. The van der Waals surface area contributed by atoms with E-state index in [9.17, 15) is 14.7 Å². The molecule has 31 heavy (non-hydrogen) atoms. The van der Waals surface area contributed by atoms with Crippen LogP contribution in [-0.2, 0) is 6.42 Å². The first kappa shape index (κ1) is 22.9. The molecule has 0 bridgehead atoms. The Labute approximate surface area is 182 Å². The average Bonchev–Trinajstić information content (AvgIpc) is 2.71. The largest absolute Gasteiger partial charge is 0.493 e. The van der Waals surface area contributed by atoms with Crippen LogP contribution in [0.2, 0.25) is 0 Å². The molecule has 0 fully saturated rings. The fourth-order valence-electron chi connectivity index (χ4n) is 4.07. The summed E-state index contributed by atoms with van der Waals surface area (Å²) in [5, 5.41) is 18.4. The highest BCUT2D eigenvalue weighted by atomic mass is 16.5. The number of hydrogen-bond donors (Lipinski definition) is 2. The number of aliphatic hydroxyl groups excluding tert-OH is 1. The van der Waals surface area contributed by atoms with Crippen LogP contribution in [0.4, 0.5) is 0 Å². The minimum Gasteiger partial charge on any atom is -0.493 e. The first-order valence-electron chi connectivity index (χ1n) is 10.6. The van der Waals surface area contributed by atoms with Gasteiger partial charge in [-0.3, -0.25) is 4.79 Å². The van der Waals surface area contributed by atoms with E-state index in [1.807, 2.05) is 16.7 Å². The lowest BCUT2D eigenvalue weighted by Crippen LogP contribution is -2.32. The second-order valence-corrected chi connectivity index (χ2v) is 9.03. The topological polar surface area (TPSA) is 98.0 Å². The van der Waals surface area contributed by atoms with Crippen molar-refractivity contribution in [1.29, 1.82) is 0 Å². The van der Waals surface area contributed by atoms with Gasteiger partial charge in [-0.1, -0.05) is 20.8 Å². The molecule has 1 unspecified atom stereocenters. The summed E-state index contributed by atoms with van der Waals surface area (Å²) in [6.07, 6.45) is 4.62. The van der Waals surface area contributed by atoms with Crippen LogP contribution in [0, 0.1) is 5.41 Å². The number of methoxy groups -OCH3 is 1. The lowest BCUT2D eigenvalue weighted by atomic mass is 9.78. The molecule has 1 aliphatic rings. The number of ether oxygens (including phenoxy) is 2. The van der Waals surface area contributed by atoms with Crippen molar-refractivity contribution < 1.29 is 24.5 Å². The molecule has 0 amide bonds. The molecule has 7 nitrogen and oxygen atoms in total. The van der Waals surface area contributed by atoms with Gasteiger partial charge >= 0.3 is 5.97 Å². The number of nitrogens with zero attached hydrogens (tertiary/aromatic N) is 1. The van der Waals surface area contributed by atoms with Crippen LogP contribution in [-0.4, -0.2) is 41.1 Å². The van der Waals surface area contributed by atoms with Crippen LogP contribution < -0.4 is 14.9 Å². The van der Waals surface area contributed by atoms with Crippen molar-refractivity contribution in [2.45, 2.75) is 52.5 Å². The summed E-state index contributed by atoms with van der Waals surface area (Å²) in [6.45, 7) is 7.02. The van der Waals surface area contributed by atoms with Crippen molar-refractivity contribution >= 4 is 5.97 Å². The maximum absolute atomic E-state index is 12.5. The van der Waals surface area contributed by atoms with Crippen molar-refractivity contribution in [1.82, 2.24) is 4.57 Å². The maximum atomic E-state index is 12.5. The summed E-state index contributed by atoms with van der Waals surface area (Å²) in [6, 6.07) is 5.22. The molecule has 1 aliphatic heterocycles. The van der Waals surface area contributed by atoms with Gasteiger partial charge in [-0.25, -0.2) is 4.79 Å². The number of hydrogen-bond acceptors (Lipinski definition) is 5. The van der Waals surface area contributed by atoms with Gasteiger partial charge in [0.1, 0.15) is 5.56 Å². The van der Waals surface area contributed by atoms with Crippen LogP contribution in [0.15, 0.2) is 29.2 Å². The Kier molecular flexibility index (Phi) is 6.74. The second kappa shape index (κ2) is 9.14. The lowest BCUT2D eigenvalue weighted by molar-refractivity contribution is 0.0693. The Balaban J connectivity index is 2.07. The lowest BCUT2D eigenvalue weighted by Gasteiger charge is -2.39. The molecule has 0 aliphatic carbocycles. The maximum Gasteiger partial charge on any atom is 0.341 e. The normalized spacial score (nSPS) is 15.2. The van der Waals surface area contributed by atoms with Gasteiger partial charge in [0.25, 0.3) is 0 Å². The Morgan fingerprint density at radius 1 is 1.16 bits per heavy atom. The van der Waals surface area contributed by atoms with Crippen LogP contribution in [0.1, 0.15) is 62.0 Å². The minimum atomic E-state index is -1.22. The van der Waals surface area contributed by atoms with E-state index in [-0.39, 0.29) is 23.6 Å². The van der Waals surface area contributed by atoms with Gasteiger partial charge in [-0.15, -0.1) is 0 Å². The quantitative estimate of drug-likeness (QED) is 0.618. The molecule has 168 valence electrons. The molecule has 2 N–H and O–H groups in total. The number of carboxylic acids is 1.